The number of hydrazine groups is 1. The van der Waals surface area contributed by atoms with Gasteiger partial charge in [-0.15, -0.1) is 11.3 Å². The van der Waals surface area contributed by atoms with Crippen molar-refractivity contribution >= 4 is 17.2 Å². The number of thiophene rings is 1. The molecule has 1 aromatic rings. The van der Waals surface area contributed by atoms with Crippen molar-refractivity contribution in [2.45, 2.75) is 33.7 Å². The fourth-order valence-electron chi connectivity index (χ4n) is 2.28. The molecule has 0 aromatic carbocycles. The Hall–Kier alpha value is -0.950. The van der Waals surface area contributed by atoms with Crippen molar-refractivity contribution < 1.29 is 4.79 Å². The molecular weight excluding hydrogens is 284 g/mol. The van der Waals surface area contributed by atoms with E-state index in [0.717, 1.165) is 39.3 Å². The van der Waals surface area contributed by atoms with Crippen molar-refractivity contribution in [3.63, 3.8) is 0 Å². The summed E-state index contributed by atoms with van der Waals surface area (Å²) in [6, 6.07) is 3.86. The molecule has 1 aromatic heterocycles. The molecule has 0 unspecified atom stereocenters. The average Bonchev–Trinajstić information content (AvgIpc) is 2.98. The van der Waals surface area contributed by atoms with Gasteiger partial charge in [0.2, 0.25) is 0 Å². The normalized spacial score (nSPS) is 11.3. The van der Waals surface area contributed by atoms with Crippen molar-refractivity contribution in [1.29, 1.82) is 0 Å². The van der Waals surface area contributed by atoms with E-state index in [1.807, 2.05) is 12.1 Å². The lowest BCUT2D eigenvalue weighted by atomic mass is 10.3. The van der Waals surface area contributed by atoms with E-state index >= 15 is 0 Å². The summed E-state index contributed by atoms with van der Waals surface area (Å²) >= 11 is 1.51. The largest absolute Gasteiger partial charge is 0.304 e. The van der Waals surface area contributed by atoms with Crippen LogP contribution in [0.4, 0.5) is 0 Å². The Morgan fingerprint density at radius 3 is 2.33 bits per heavy atom. The van der Waals surface area contributed by atoms with Crippen LogP contribution < -0.4 is 11.3 Å². The highest BCUT2D eigenvalue weighted by Crippen LogP contribution is 2.18. The van der Waals surface area contributed by atoms with Crippen molar-refractivity contribution in [2.75, 3.05) is 32.7 Å². The summed E-state index contributed by atoms with van der Waals surface area (Å²) in [4.78, 5) is 18.2. The van der Waals surface area contributed by atoms with Crippen LogP contribution in [0.25, 0.3) is 0 Å². The SMILES string of the molecule is CCN(CC)CCCN(CC)Cc1ccc(C(=O)NN)s1. The molecule has 0 saturated carbocycles. The topological polar surface area (TPSA) is 61.6 Å². The molecule has 0 radical (unpaired) electrons. The molecule has 0 aliphatic heterocycles. The first kappa shape index (κ1) is 18.1. The number of carbonyl (C=O) groups excluding carboxylic acids is 1. The lowest BCUT2D eigenvalue weighted by Gasteiger charge is -2.22. The van der Waals surface area contributed by atoms with Gasteiger partial charge in [-0.2, -0.15) is 0 Å². The van der Waals surface area contributed by atoms with E-state index in [9.17, 15) is 4.79 Å². The first-order chi connectivity index (χ1) is 10.1. The highest BCUT2D eigenvalue weighted by atomic mass is 32.1. The molecule has 1 rings (SSSR count). The first-order valence-electron chi connectivity index (χ1n) is 7.68. The van der Waals surface area contributed by atoms with E-state index in [4.69, 9.17) is 5.84 Å². The monoisotopic (exact) mass is 312 g/mol. The standard InChI is InChI=1S/C15H28N4OS/c1-4-18(5-2)10-7-11-19(6-3)12-13-8-9-14(21-13)15(20)17-16/h8-9H,4-7,10-12,16H2,1-3H3,(H,17,20). The van der Waals surface area contributed by atoms with Crippen LogP contribution in [0.2, 0.25) is 0 Å². The van der Waals surface area contributed by atoms with Crippen LogP contribution in [-0.2, 0) is 6.54 Å². The van der Waals surface area contributed by atoms with Gasteiger partial charge in [-0.1, -0.05) is 20.8 Å². The molecule has 0 aliphatic carbocycles. The number of hydrogen-bond donors (Lipinski definition) is 2. The Morgan fingerprint density at radius 1 is 1.14 bits per heavy atom. The van der Waals surface area contributed by atoms with Gasteiger partial charge >= 0.3 is 0 Å². The Kier molecular flexibility index (Phi) is 8.52. The molecule has 3 N–H and O–H groups in total. The summed E-state index contributed by atoms with van der Waals surface area (Å²) in [5.41, 5.74) is 2.17. The maximum atomic E-state index is 11.5. The molecule has 0 saturated heterocycles. The summed E-state index contributed by atoms with van der Waals surface area (Å²) in [5, 5.41) is 0. The Morgan fingerprint density at radius 2 is 1.76 bits per heavy atom. The Labute approximate surface area is 132 Å². The first-order valence-corrected chi connectivity index (χ1v) is 8.50. The molecule has 0 aliphatic rings. The van der Waals surface area contributed by atoms with E-state index in [0.29, 0.717) is 4.88 Å². The molecule has 21 heavy (non-hydrogen) atoms. The summed E-state index contributed by atoms with van der Waals surface area (Å²) in [5.74, 6) is 4.94. The third kappa shape index (κ3) is 6.13. The highest BCUT2D eigenvalue weighted by molar-refractivity contribution is 7.14. The summed E-state index contributed by atoms with van der Waals surface area (Å²) in [6.45, 7) is 13.0. The van der Waals surface area contributed by atoms with Crippen molar-refractivity contribution in [3.05, 3.63) is 21.9 Å². The number of rotatable bonds is 10. The lowest BCUT2D eigenvalue weighted by Crippen LogP contribution is -2.29. The van der Waals surface area contributed by atoms with E-state index in [1.165, 1.54) is 22.6 Å². The number of nitrogens with two attached hydrogens (primary N) is 1. The Bertz CT molecular complexity index is 418. The van der Waals surface area contributed by atoms with Gasteiger partial charge < -0.3 is 4.90 Å². The van der Waals surface area contributed by atoms with Crippen molar-refractivity contribution in [2.24, 2.45) is 5.84 Å². The van der Waals surface area contributed by atoms with Gasteiger partial charge in [-0.25, -0.2) is 5.84 Å². The van der Waals surface area contributed by atoms with Gasteiger partial charge in [-0.3, -0.25) is 15.1 Å². The molecular formula is C15H28N4OS. The van der Waals surface area contributed by atoms with Gasteiger partial charge in [-0.05, 0) is 51.3 Å². The van der Waals surface area contributed by atoms with Crippen molar-refractivity contribution in [3.8, 4) is 0 Å². The fourth-order valence-corrected chi connectivity index (χ4v) is 3.24. The average molecular weight is 312 g/mol. The van der Waals surface area contributed by atoms with Crippen LogP contribution in [0.3, 0.4) is 0 Å². The number of carbonyl (C=O) groups is 1. The second-order valence-electron chi connectivity index (χ2n) is 4.99. The predicted molar refractivity (Wildman–Crippen MR) is 89.3 cm³/mol. The van der Waals surface area contributed by atoms with Crippen LogP contribution in [0.1, 0.15) is 41.7 Å². The molecule has 6 heteroatoms. The number of amides is 1. The summed E-state index contributed by atoms with van der Waals surface area (Å²) < 4.78 is 0. The zero-order chi connectivity index (χ0) is 15.7. The smallest absolute Gasteiger partial charge is 0.275 e. The quantitative estimate of drug-likeness (QED) is 0.393. The van der Waals surface area contributed by atoms with E-state index in [1.54, 1.807) is 0 Å². The minimum Gasteiger partial charge on any atom is -0.304 e. The second kappa shape index (κ2) is 9.89. The third-order valence-corrected chi connectivity index (χ3v) is 4.76. The van der Waals surface area contributed by atoms with Crippen LogP contribution in [0.15, 0.2) is 12.1 Å². The molecule has 0 atom stereocenters. The maximum absolute atomic E-state index is 11.5. The van der Waals surface area contributed by atoms with Crippen LogP contribution in [-0.4, -0.2) is 48.4 Å². The number of nitrogens with zero attached hydrogens (tertiary/aromatic N) is 2. The summed E-state index contributed by atoms with van der Waals surface area (Å²) in [7, 11) is 0. The third-order valence-electron chi connectivity index (χ3n) is 3.69. The molecule has 0 bridgehead atoms. The van der Waals surface area contributed by atoms with Crippen LogP contribution in [0.5, 0.6) is 0 Å². The maximum Gasteiger partial charge on any atom is 0.275 e. The zero-order valence-corrected chi connectivity index (χ0v) is 14.2. The zero-order valence-electron chi connectivity index (χ0n) is 13.4. The van der Waals surface area contributed by atoms with Crippen LogP contribution >= 0.6 is 11.3 Å². The van der Waals surface area contributed by atoms with Gasteiger partial charge in [0.15, 0.2) is 0 Å². The van der Waals surface area contributed by atoms with Gasteiger partial charge in [0.05, 0.1) is 4.88 Å². The Balaban J connectivity index is 2.43. The van der Waals surface area contributed by atoms with E-state index in [2.05, 4.69) is 36.0 Å². The molecule has 0 spiro atoms. The van der Waals surface area contributed by atoms with Crippen molar-refractivity contribution in [1.82, 2.24) is 15.2 Å². The minimum absolute atomic E-state index is 0.212. The van der Waals surface area contributed by atoms with Gasteiger partial charge in [0, 0.05) is 11.4 Å². The lowest BCUT2D eigenvalue weighted by molar-refractivity contribution is 0.0957. The van der Waals surface area contributed by atoms with Gasteiger partial charge in [0.25, 0.3) is 5.91 Å². The molecule has 120 valence electrons. The fraction of sp³-hybridized carbons (Fsp3) is 0.667. The number of nitrogen functional groups attached to an aromatic ring is 1. The highest BCUT2D eigenvalue weighted by Gasteiger charge is 2.10. The number of nitrogens with one attached hydrogen (secondary N) is 1. The van der Waals surface area contributed by atoms with E-state index < -0.39 is 0 Å². The molecule has 0 fully saturated rings. The minimum atomic E-state index is -0.212. The second-order valence-corrected chi connectivity index (χ2v) is 6.16. The van der Waals surface area contributed by atoms with Crippen LogP contribution in [0, 0.1) is 0 Å². The molecule has 5 nitrogen and oxygen atoms in total. The van der Waals surface area contributed by atoms with E-state index in [-0.39, 0.29) is 5.91 Å². The predicted octanol–water partition coefficient (Wildman–Crippen LogP) is 1.91. The molecule has 1 amide bonds. The molecule has 1 heterocycles. The van der Waals surface area contributed by atoms with Gasteiger partial charge in [0.1, 0.15) is 0 Å². The summed E-state index contributed by atoms with van der Waals surface area (Å²) in [6.07, 6.45) is 1.18. The number of hydrogen-bond acceptors (Lipinski definition) is 5.